The van der Waals surface area contributed by atoms with E-state index >= 15 is 0 Å². The zero-order valence-corrected chi connectivity index (χ0v) is 14.2. The number of Topliss-reactive ketones (excluding diaryl/α,β-unsaturated/α-hetero) is 1. The van der Waals surface area contributed by atoms with Gasteiger partial charge in [0.1, 0.15) is 5.78 Å². The highest BCUT2D eigenvalue weighted by atomic mass is 16.3. The SMILES string of the molecule is CCCc1ccc2c(c1)[C@H]1CC[C@]3(CO)C(=O)CC[C@H]3[C@@H]1CC2. The van der Waals surface area contributed by atoms with E-state index in [2.05, 4.69) is 25.1 Å². The Balaban J connectivity index is 1.69. The number of carbonyl (C=O) groups excluding carboxylic acids is 1. The van der Waals surface area contributed by atoms with Gasteiger partial charge >= 0.3 is 0 Å². The molecule has 2 nitrogen and oxygen atoms in total. The second kappa shape index (κ2) is 5.73. The average Bonchev–Trinajstić information content (AvgIpc) is 2.92. The summed E-state index contributed by atoms with van der Waals surface area (Å²) in [5, 5.41) is 10.0. The molecule has 0 amide bonds. The van der Waals surface area contributed by atoms with Gasteiger partial charge in [-0.1, -0.05) is 31.5 Å². The lowest BCUT2D eigenvalue weighted by atomic mass is 9.55. The van der Waals surface area contributed by atoms with Crippen molar-refractivity contribution in [2.75, 3.05) is 6.61 Å². The molecule has 0 heterocycles. The van der Waals surface area contributed by atoms with Crippen LogP contribution in [0.3, 0.4) is 0 Å². The smallest absolute Gasteiger partial charge is 0.141 e. The maximum absolute atomic E-state index is 12.5. The number of fused-ring (bicyclic) bond motifs is 5. The molecule has 2 heteroatoms. The number of aliphatic hydroxyl groups is 1. The van der Waals surface area contributed by atoms with E-state index in [1.54, 1.807) is 5.56 Å². The fourth-order valence-electron chi connectivity index (χ4n) is 5.93. The van der Waals surface area contributed by atoms with E-state index in [0.29, 0.717) is 30.0 Å². The summed E-state index contributed by atoms with van der Waals surface area (Å²) >= 11 is 0. The maximum Gasteiger partial charge on any atom is 0.141 e. The molecule has 3 aliphatic rings. The zero-order valence-electron chi connectivity index (χ0n) is 14.2. The first kappa shape index (κ1) is 15.4. The van der Waals surface area contributed by atoms with Crippen molar-refractivity contribution < 1.29 is 9.90 Å². The van der Waals surface area contributed by atoms with Crippen LogP contribution < -0.4 is 0 Å². The fourth-order valence-corrected chi connectivity index (χ4v) is 5.93. The number of ketones is 1. The van der Waals surface area contributed by atoms with Crippen LogP contribution in [-0.4, -0.2) is 17.5 Å². The third-order valence-electron chi connectivity index (χ3n) is 7.06. The van der Waals surface area contributed by atoms with Gasteiger partial charge in [-0.15, -0.1) is 0 Å². The molecule has 4 atom stereocenters. The van der Waals surface area contributed by atoms with Gasteiger partial charge in [0.15, 0.2) is 0 Å². The second-order valence-electron chi connectivity index (χ2n) is 8.01. The van der Waals surface area contributed by atoms with Gasteiger partial charge < -0.3 is 5.11 Å². The summed E-state index contributed by atoms with van der Waals surface area (Å²) in [6, 6.07) is 7.12. The van der Waals surface area contributed by atoms with Crippen molar-refractivity contribution in [3.05, 3.63) is 34.9 Å². The van der Waals surface area contributed by atoms with E-state index in [1.807, 2.05) is 0 Å². The van der Waals surface area contributed by atoms with Crippen LogP contribution in [0.5, 0.6) is 0 Å². The highest BCUT2D eigenvalue weighted by Gasteiger charge is 2.56. The lowest BCUT2D eigenvalue weighted by molar-refractivity contribution is -0.134. The minimum absolute atomic E-state index is 0.0719. The van der Waals surface area contributed by atoms with E-state index in [9.17, 15) is 9.90 Å². The van der Waals surface area contributed by atoms with Gasteiger partial charge in [-0.2, -0.15) is 0 Å². The highest BCUT2D eigenvalue weighted by molar-refractivity contribution is 5.87. The van der Waals surface area contributed by atoms with Gasteiger partial charge in [0.25, 0.3) is 0 Å². The predicted octanol–water partition coefficient (Wildman–Crippen LogP) is 4.04. The molecule has 0 unspecified atom stereocenters. The summed E-state index contributed by atoms with van der Waals surface area (Å²) in [6.07, 6.45) is 8.37. The predicted molar refractivity (Wildman–Crippen MR) is 91.5 cm³/mol. The first-order chi connectivity index (χ1) is 11.2. The molecule has 1 aromatic rings. The van der Waals surface area contributed by atoms with Gasteiger partial charge in [-0.25, -0.2) is 0 Å². The minimum Gasteiger partial charge on any atom is -0.395 e. The topological polar surface area (TPSA) is 37.3 Å². The van der Waals surface area contributed by atoms with Crippen LogP contribution in [0.4, 0.5) is 0 Å². The molecule has 2 saturated carbocycles. The lowest BCUT2D eigenvalue weighted by Crippen LogP contribution is -2.46. The lowest BCUT2D eigenvalue weighted by Gasteiger charge is -2.49. The Bertz CT molecular complexity index is 620. The molecule has 0 aliphatic heterocycles. The van der Waals surface area contributed by atoms with Gasteiger partial charge in [-0.3, -0.25) is 4.79 Å². The molecule has 23 heavy (non-hydrogen) atoms. The van der Waals surface area contributed by atoms with Crippen molar-refractivity contribution in [2.24, 2.45) is 17.3 Å². The molecular formula is C21H28O2. The molecule has 1 N–H and O–H groups in total. The van der Waals surface area contributed by atoms with Crippen LogP contribution in [0.15, 0.2) is 18.2 Å². The summed E-state index contributed by atoms with van der Waals surface area (Å²) in [6.45, 7) is 2.31. The van der Waals surface area contributed by atoms with Gasteiger partial charge in [0.2, 0.25) is 0 Å². The van der Waals surface area contributed by atoms with Crippen LogP contribution in [0.2, 0.25) is 0 Å². The highest BCUT2D eigenvalue weighted by Crippen LogP contribution is 2.59. The molecule has 0 radical (unpaired) electrons. The molecule has 3 aliphatic carbocycles. The zero-order chi connectivity index (χ0) is 16.0. The van der Waals surface area contributed by atoms with E-state index in [4.69, 9.17) is 0 Å². The molecule has 0 aromatic heterocycles. The van der Waals surface area contributed by atoms with Crippen molar-refractivity contribution in [1.82, 2.24) is 0 Å². The standard InChI is InChI=1S/C21H28O2/c1-2-3-14-4-5-15-6-7-17-16(18(15)12-14)10-11-21(13-22)19(17)8-9-20(21)23/h4-5,12,16-17,19,22H,2-3,6-11,13H2,1H3/t16-,17+,19-,21+/m0/s1. The van der Waals surface area contributed by atoms with Crippen LogP contribution in [0, 0.1) is 17.3 Å². The Hall–Kier alpha value is -1.15. The van der Waals surface area contributed by atoms with Crippen molar-refractivity contribution in [3.8, 4) is 0 Å². The molecule has 0 spiro atoms. The van der Waals surface area contributed by atoms with Gasteiger partial charge in [-0.05, 0) is 73.0 Å². The summed E-state index contributed by atoms with van der Waals surface area (Å²) in [7, 11) is 0. The van der Waals surface area contributed by atoms with Crippen LogP contribution in [-0.2, 0) is 17.6 Å². The number of hydrogen-bond donors (Lipinski definition) is 1. The van der Waals surface area contributed by atoms with Crippen LogP contribution in [0.25, 0.3) is 0 Å². The first-order valence-electron chi connectivity index (χ1n) is 9.45. The Morgan fingerprint density at radius 2 is 2.09 bits per heavy atom. The van der Waals surface area contributed by atoms with Crippen molar-refractivity contribution in [2.45, 2.75) is 64.2 Å². The monoisotopic (exact) mass is 312 g/mol. The molecule has 1 aromatic carbocycles. The summed E-state index contributed by atoms with van der Waals surface area (Å²) in [5.41, 5.74) is 4.18. The Morgan fingerprint density at radius 1 is 1.22 bits per heavy atom. The van der Waals surface area contributed by atoms with Crippen molar-refractivity contribution in [3.63, 3.8) is 0 Å². The average molecular weight is 312 g/mol. The first-order valence-corrected chi connectivity index (χ1v) is 9.45. The van der Waals surface area contributed by atoms with Gasteiger partial charge in [0, 0.05) is 6.42 Å². The molecule has 124 valence electrons. The molecule has 4 rings (SSSR count). The van der Waals surface area contributed by atoms with E-state index in [1.165, 1.54) is 24.0 Å². The summed E-state index contributed by atoms with van der Waals surface area (Å²) < 4.78 is 0. The Morgan fingerprint density at radius 3 is 2.87 bits per heavy atom. The van der Waals surface area contributed by atoms with E-state index < -0.39 is 0 Å². The number of carbonyl (C=O) groups is 1. The van der Waals surface area contributed by atoms with Crippen molar-refractivity contribution >= 4 is 5.78 Å². The van der Waals surface area contributed by atoms with E-state index in [0.717, 1.165) is 32.1 Å². The van der Waals surface area contributed by atoms with Crippen molar-refractivity contribution in [1.29, 1.82) is 0 Å². The third kappa shape index (κ3) is 2.21. The van der Waals surface area contributed by atoms with Gasteiger partial charge in [0.05, 0.1) is 12.0 Å². The summed E-state index contributed by atoms with van der Waals surface area (Å²) in [5.74, 6) is 1.98. The van der Waals surface area contributed by atoms with E-state index in [-0.39, 0.29) is 12.0 Å². The normalized spacial score (nSPS) is 35.6. The number of benzene rings is 1. The number of aliphatic hydroxyl groups excluding tert-OH is 1. The molecule has 0 saturated heterocycles. The minimum atomic E-state index is -0.389. The molecule has 0 bridgehead atoms. The van der Waals surface area contributed by atoms with Crippen LogP contribution >= 0.6 is 0 Å². The largest absolute Gasteiger partial charge is 0.395 e. The fraction of sp³-hybridized carbons (Fsp3) is 0.667. The second-order valence-corrected chi connectivity index (χ2v) is 8.01. The number of aryl methyl sites for hydroxylation is 2. The third-order valence-corrected chi connectivity index (χ3v) is 7.06. The quantitative estimate of drug-likeness (QED) is 0.914. The molecular weight excluding hydrogens is 284 g/mol. The number of rotatable bonds is 3. The summed E-state index contributed by atoms with van der Waals surface area (Å²) in [4.78, 5) is 12.5. The van der Waals surface area contributed by atoms with Crippen LogP contribution in [0.1, 0.15) is 68.1 Å². The Kier molecular flexibility index (Phi) is 3.84. The molecule has 2 fully saturated rings. The number of hydrogen-bond acceptors (Lipinski definition) is 2. The maximum atomic E-state index is 12.5. The Labute approximate surface area is 139 Å².